The van der Waals surface area contributed by atoms with Crippen LogP contribution in [0.25, 0.3) is 0 Å². The van der Waals surface area contributed by atoms with E-state index in [-0.39, 0.29) is 57.8 Å². The van der Waals surface area contributed by atoms with Crippen molar-refractivity contribution < 1.29 is 19.7 Å². The molecule has 1 aliphatic heterocycles. The number of carbonyl (C=O) groups excluding carboxylic acids is 1. The maximum Gasteiger partial charge on any atom is 0.306 e. The summed E-state index contributed by atoms with van der Waals surface area (Å²) in [6.07, 6.45) is 7.42. The molecule has 1 heterocycles. The summed E-state index contributed by atoms with van der Waals surface area (Å²) in [6.45, 7) is 11.5. The summed E-state index contributed by atoms with van der Waals surface area (Å²) in [7, 11) is 0. The first-order valence-corrected chi connectivity index (χ1v) is 12.5. The molecule has 11 atom stereocenters. The van der Waals surface area contributed by atoms with Gasteiger partial charge in [0.05, 0.1) is 12.2 Å². The lowest BCUT2D eigenvalue weighted by Gasteiger charge is -2.64. The molecule has 0 aromatic heterocycles. The van der Waals surface area contributed by atoms with Crippen LogP contribution in [-0.2, 0) is 9.53 Å². The molecular formula is C26H40O4. The SMILES string of the molecule is C[C@@H]1CC(=O)OC2C[C@@]3(C)C4CCC5C(C)(C)[C@@H](O)CCC56CC46C[C@@H](O)[C@]3(C)C21. The number of ether oxygens (including phenoxy) is 1. The van der Waals surface area contributed by atoms with Gasteiger partial charge < -0.3 is 14.9 Å². The minimum absolute atomic E-state index is 0.00750. The fourth-order valence-electron chi connectivity index (χ4n) is 11.2. The largest absolute Gasteiger partial charge is 0.462 e. The normalized spacial score (nSPS) is 62.9. The van der Waals surface area contributed by atoms with Crippen LogP contribution in [0.1, 0.15) is 86.0 Å². The summed E-state index contributed by atoms with van der Waals surface area (Å²) in [5.74, 6) is 1.65. The summed E-state index contributed by atoms with van der Waals surface area (Å²) in [5.41, 5.74) is 0.316. The van der Waals surface area contributed by atoms with E-state index in [1.807, 2.05) is 0 Å². The van der Waals surface area contributed by atoms with E-state index in [0.717, 1.165) is 25.7 Å². The molecule has 2 N–H and O–H groups in total. The van der Waals surface area contributed by atoms with Gasteiger partial charge in [-0.1, -0.05) is 34.6 Å². The molecule has 0 aromatic rings. The second-order valence-corrected chi connectivity index (χ2v) is 13.4. The first-order chi connectivity index (χ1) is 13.9. The van der Waals surface area contributed by atoms with Crippen LogP contribution in [0, 0.1) is 50.7 Å². The summed E-state index contributed by atoms with van der Waals surface area (Å²) >= 11 is 0. The molecule has 1 saturated heterocycles. The minimum Gasteiger partial charge on any atom is -0.462 e. The highest BCUT2D eigenvalue weighted by Gasteiger charge is 2.84. The van der Waals surface area contributed by atoms with Gasteiger partial charge in [0.25, 0.3) is 0 Å². The summed E-state index contributed by atoms with van der Waals surface area (Å²) in [5, 5.41) is 22.6. The van der Waals surface area contributed by atoms with Crippen molar-refractivity contribution in [3.05, 3.63) is 0 Å². The van der Waals surface area contributed by atoms with Crippen LogP contribution in [0.2, 0.25) is 0 Å². The fraction of sp³-hybridized carbons (Fsp3) is 0.962. The molecule has 6 rings (SSSR count). The quantitative estimate of drug-likeness (QED) is 0.577. The van der Waals surface area contributed by atoms with Gasteiger partial charge >= 0.3 is 5.97 Å². The van der Waals surface area contributed by atoms with Gasteiger partial charge in [0.2, 0.25) is 0 Å². The Labute approximate surface area is 181 Å². The zero-order valence-corrected chi connectivity index (χ0v) is 19.4. The Kier molecular flexibility index (Phi) is 3.65. The van der Waals surface area contributed by atoms with Crippen molar-refractivity contribution in [3.8, 4) is 0 Å². The molecule has 0 amide bonds. The smallest absolute Gasteiger partial charge is 0.306 e. The van der Waals surface area contributed by atoms with Gasteiger partial charge in [-0.15, -0.1) is 0 Å². The van der Waals surface area contributed by atoms with Crippen LogP contribution in [-0.4, -0.2) is 34.5 Å². The maximum atomic E-state index is 12.2. The molecule has 4 nitrogen and oxygen atoms in total. The third kappa shape index (κ3) is 1.89. The lowest BCUT2D eigenvalue weighted by atomic mass is 9.41. The van der Waals surface area contributed by atoms with E-state index in [1.165, 1.54) is 19.3 Å². The Bertz CT molecular complexity index is 807. The molecule has 168 valence electrons. The topological polar surface area (TPSA) is 66.8 Å². The highest BCUT2D eigenvalue weighted by atomic mass is 16.5. The Morgan fingerprint density at radius 3 is 2.37 bits per heavy atom. The van der Waals surface area contributed by atoms with Gasteiger partial charge in [-0.2, -0.15) is 0 Å². The predicted octanol–water partition coefficient (Wildman–Crippen LogP) is 4.32. The second kappa shape index (κ2) is 5.47. The van der Waals surface area contributed by atoms with E-state index in [0.29, 0.717) is 23.7 Å². The second-order valence-electron chi connectivity index (χ2n) is 13.4. The molecule has 5 aliphatic carbocycles. The first kappa shape index (κ1) is 20.0. The van der Waals surface area contributed by atoms with Crippen molar-refractivity contribution in [2.24, 2.45) is 50.7 Å². The van der Waals surface area contributed by atoms with Crippen molar-refractivity contribution in [3.63, 3.8) is 0 Å². The van der Waals surface area contributed by atoms with Crippen LogP contribution in [0.5, 0.6) is 0 Å². The van der Waals surface area contributed by atoms with Crippen molar-refractivity contribution in [1.82, 2.24) is 0 Å². The summed E-state index contributed by atoms with van der Waals surface area (Å²) < 4.78 is 5.95. The molecule has 0 radical (unpaired) electrons. The van der Waals surface area contributed by atoms with Crippen LogP contribution in [0.15, 0.2) is 0 Å². The Hall–Kier alpha value is -0.610. The number of esters is 1. The molecule has 6 unspecified atom stereocenters. The number of hydrogen-bond donors (Lipinski definition) is 2. The number of aliphatic hydroxyl groups is 2. The lowest BCUT2D eigenvalue weighted by molar-refractivity contribution is -0.209. The zero-order chi connectivity index (χ0) is 21.5. The zero-order valence-electron chi connectivity index (χ0n) is 19.4. The standard InChI is InChI=1S/C26H40O4/c1-14-10-20(29)30-15-11-23(4)17-7-6-16-22(2,3)18(27)8-9-25(16)13-26(17,25)12-19(28)24(23,5)21(14)15/h14-19,21,27-28H,6-13H2,1-5H3/t14-,15?,16?,17?,18+,19-,21?,23+,24-,25?,26?/m1/s1. The van der Waals surface area contributed by atoms with Crippen LogP contribution in [0.3, 0.4) is 0 Å². The highest BCUT2D eigenvalue weighted by Crippen LogP contribution is 2.89. The number of hydrogen-bond acceptors (Lipinski definition) is 4. The predicted molar refractivity (Wildman–Crippen MR) is 113 cm³/mol. The van der Waals surface area contributed by atoms with Crippen molar-refractivity contribution in [1.29, 1.82) is 0 Å². The van der Waals surface area contributed by atoms with Gasteiger partial charge in [-0.3, -0.25) is 4.79 Å². The Balaban J connectivity index is 1.43. The van der Waals surface area contributed by atoms with E-state index in [9.17, 15) is 15.0 Å². The molecule has 0 aromatic carbocycles. The number of fused-ring (bicyclic) bond motifs is 4. The third-order valence-electron chi connectivity index (χ3n) is 12.5. The van der Waals surface area contributed by atoms with E-state index >= 15 is 0 Å². The number of aliphatic hydroxyl groups excluding tert-OH is 2. The highest BCUT2D eigenvalue weighted by molar-refractivity contribution is 5.71. The van der Waals surface area contributed by atoms with Crippen LogP contribution >= 0.6 is 0 Å². The van der Waals surface area contributed by atoms with Gasteiger partial charge in [0.1, 0.15) is 6.10 Å². The minimum atomic E-state index is -0.332. The molecular weight excluding hydrogens is 376 g/mol. The Morgan fingerprint density at radius 1 is 0.933 bits per heavy atom. The van der Waals surface area contributed by atoms with E-state index in [2.05, 4.69) is 34.6 Å². The maximum absolute atomic E-state index is 12.2. The first-order valence-electron chi connectivity index (χ1n) is 12.5. The van der Waals surface area contributed by atoms with Gasteiger partial charge in [-0.05, 0) is 84.4 Å². The molecule has 5 saturated carbocycles. The van der Waals surface area contributed by atoms with Crippen molar-refractivity contribution in [2.45, 2.75) is 104 Å². The lowest BCUT2D eigenvalue weighted by Crippen LogP contribution is -2.62. The molecule has 4 heteroatoms. The van der Waals surface area contributed by atoms with Gasteiger partial charge in [-0.25, -0.2) is 0 Å². The van der Waals surface area contributed by atoms with Gasteiger partial charge in [0, 0.05) is 17.8 Å². The fourth-order valence-corrected chi connectivity index (χ4v) is 11.2. The number of rotatable bonds is 0. The molecule has 0 bridgehead atoms. The van der Waals surface area contributed by atoms with Crippen LogP contribution in [0.4, 0.5) is 0 Å². The average Bonchev–Trinajstić information content (AvgIpc) is 3.22. The van der Waals surface area contributed by atoms with Gasteiger partial charge in [0.15, 0.2) is 0 Å². The third-order valence-corrected chi connectivity index (χ3v) is 12.5. The monoisotopic (exact) mass is 416 g/mol. The molecule has 2 spiro atoms. The summed E-state index contributed by atoms with van der Waals surface area (Å²) in [6, 6.07) is 0. The van der Waals surface area contributed by atoms with E-state index in [1.54, 1.807) is 0 Å². The van der Waals surface area contributed by atoms with E-state index < -0.39 is 0 Å². The Morgan fingerprint density at radius 2 is 1.63 bits per heavy atom. The molecule has 30 heavy (non-hydrogen) atoms. The molecule has 6 fully saturated rings. The van der Waals surface area contributed by atoms with Crippen molar-refractivity contribution in [2.75, 3.05) is 0 Å². The van der Waals surface area contributed by atoms with Crippen LogP contribution < -0.4 is 0 Å². The average molecular weight is 417 g/mol. The summed E-state index contributed by atoms with van der Waals surface area (Å²) in [4.78, 5) is 12.2. The number of carbonyl (C=O) groups is 1. The molecule has 6 aliphatic rings. The van der Waals surface area contributed by atoms with Crippen molar-refractivity contribution >= 4 is 5.97 Å². The van der Waals surface area contributed by atoms with E-state index in [4.69, 9.17) is 4.74 Å².